The summed E-state index contributed by atoms with van der Waals surface area (Å²) in [6.45, 7) is 0.293. The average Bonchev–Trinajstić information content (AvgIpc) is 3.38. The molecule has 0 saturated heterocycles. The molecule has 0 bridgehead atoms. The number of benzene rings is 3. The van der Waals surface area contributed by atoms with Gasteiger partial charge in [0.25, 0.3) is 5.91 Å². The van der Waals surface area contributed by atoms with E-state index in [9.17, 15) is 18.1 Å². The fourth-order valence-electron chi connectivity index (χ4n) is 4.35. The molecule has 3 aromatic carbocycles. The van der Waals surface area contributed by atoms with Gasteiger partial charge in [0.1, 0.15) is 16.8 Å². The normalized spacial score (nSPS) is 12.7. The van der Waals surface area contributed by atoms with Crippen molar-refractivity contribution in [2.75, 3.05) is 16.6 Å². The summed E-state index contributed by atoms with van der Waals surface area (Å²) in [5, 5.41) is 1.50. The second-order valence-electron chi connectivity index (χ2n) is 8.81. The molecule has 0 fully saturated rings. The number of rotatable bonds is 10. The summed E-state index contributed by atoms with van der Waals surface area (Å²) >= 11 is 0. The molecule has 0 aliphatic carbocycles. The van der Waals surface area contributed by atoms with E-state index >= 15 is 0 Å². The molecule has 0 radical (unpaired) electrons. The van der Waals surface area contributed by atoms with Gasteiger partial charge in [-0.25, -0.2) is 19.9 Å². The maximum atomic E-state index is 14.5. The molecule has 0 unspecified atom stereocenters. The zero-order chi connectivity index (χ0) is 27.4. The third-order valence-corrected chi connectivity index (χ3v) is 6.27. The number of carbonyl (C=O) groups is 1. The SMILES string of the molecule is NC(=O)c1cnc(N2CCc3ccccc32)nc1N(NCc1ccccc1)N(Cc1ccc(F)cc1)N(F)F. The van der Waals surface area contributed by atoms with Crippen molar-refractivity contribution in [1.29, 1.82) is 0 Å². The molecule has 1 aliphatic rings. The number of aromatic nitrogens is 2. The molecule has 0 spiro atoms. The first kappa shape index (κ1) is 26.1. The fourth-order valence-corrected chi connectivity index (χ4v) is 4.35. The van der Waals surface area contributed by atoms with Crippen LogP contribution >= 0.6 is 0 Å². The highest BCUT2D eigenvalue weighted by atomic mass is 19.4. The van der Waals surface area contributed by atoms with E-state index in [4.69, 9.17) is 5.73 Å². The zero-order valence-electron chi connectivity index (χ0n) is 20.7. The standard InChI is InChI=1S/C27H25F3N8O/c28-22-12-10-20(11-13-22)18-36(38(29)30)37(33-16-19-6-2-1-3-7-19)26-23(25(31)39)17-32-27(34-26)35-15-14-21-8-4-5-9-24(21)35/h1-13,17,33H,14-16,18H2,(H2,31,39). The van der Waals surface area contributed by atoms with E-state index in [2.05, 4.69) is 15.4 Å². The van der Waals surface area contributed by atoms with Crippen molar-refractivity contribution in [3.63, 3.8) is 0 Å². The van der Waals surface area contributed by atoms with Gasteiger partial charge in [-0.3, -0.25) is 4.79 Å². The predicted molar refractivity (Wildman–Crippen MR) is 139 cm³/mol. The van der Waals surface area contributed by atoms with Crippen molar-refractivity contribution < 1.29 is 18.1 Å². The maximum Gasteiger partial charge on any atom is 0.254 e. The lowest BCUT2D eigenvalue weighted by Crippen LogP contribution is -2.55. The molecule has 5 rings (SSSR count). The number of nitrogens with zero attached hydrogens (tertiary/aromatic N) is 6. The molecular formula is C27H25F3N8O. The van der Waals surface area contributed by atoms with Crippen LogP contribution in [0.5, 0.6) is 0 Å². The van der Waals surface area contributed by atoms with Gasteiger partial charge in [0.2, 0.25) is 5.95 Å². The molecule has 9 nitrogen and oxygen atoms in total. The second kappa shape index (κ2) is 11.5. The number of hydrazine groups is 3. The van der Waals surface area contributed by atoms with Gasteiger partial charge in [-0.1, -0.05) is 74.7 Å². The van der Waals surface area contributed by atoms with Crippen LogP contribution in [-0.4, -0.2) is 33.0 Å². The quantitative estimate of drug-likeness (QED) is 0.230. The van der Waals surface area contributed by atoms with Crippen molar-refractivity contribution >= 4 is 23.4 Å². The number of fused-ring (bicyclic) bond motifs is 1. The average molecular weight is 535 g/mol. The maximum absolute atomic E-state index is 14.5. The van der Waals surface area contributed by atoms with Crippen LogP contribution in [0.1, 0.15) is 27.0 Å². The Hall–Kier alpha value is -4.52. The molecular weight excluding hydrogens is 509 g/mol. The molecule has 2 heterocycles. The van der Waals surface area contributed by atoms with Gasteiger partial charge in [-0.2, -0.15) is 4.98 Å². The van der Waals surface area contributed by atoms with Gasteiger partial charge in [0, 0.05) is 25.0 Å². The Morgan fingerprint density at radius 2 is 1.69 bits per heavy atom. The molecule has 1 amide bonds. The molecule has 1 aromatic heterocycles. The van der Waals surface area contributed by atoms with Crippen LogP contribution in [0.2, 0.25) is 0 Å². The summed E-state index contributed by atoms with van der Waals surface area (Å²) in [5.74, 6) is -1.34. The topological polar surface area (TPSA) is 93.9 Å². The Bertz CT molecular complexity index is 1440. The number of carbonyl (C=O) groups excluding carboxylic acids is 1. The lowest BCUT2D eigenvalue weighted by Gasteiger charge is -2.35. The molecule has 0 atom stereocenters. The first-order valence-electron chi connectivity index (χ1n) is 12.1. The van der Waals surface area contributed by atoms with Crippen molar-refractivity contribution in [3.05, 3.63) is 113 Å². The summed E-state index contributed by atoms with van der Waals surface area (Å²) in [6.07, 6.45) is 1.98. The number of amides is 1. The number of halogens is 3. The lowest BCUT2D eigenvalue weighted by atomic mass is 10.2. The largest absolute Gasteiger partial charge is 0.365 e. The Morgan fingerprint density at radius 1 is 0.974 bits per heavy atom. The van der Waals surface area contributed by atoms with Gasteiger partial charge < -0.3 is 10.6 Å². The summed E-state index contributed by atoms with van der Waals surface area (Å²) in [4.78, 5) is 23.2. The molecule has 0 saturated carbocycles. The van der Waals surface area contributed by atoms with Crippen molar-refractivity contribution in [1.82, 2.24) is 26.0 Å². The predicted octanol–water partition coefficient (Wildman–Crippen LogP) is 4.32. The minimum atomic E-state index is -1.14. The van der Waals surface area contributed by atoms with Crippen LogP contribution in [0.25, 0.3) is 0 Å². The highest BCUT2D eigenvalue weighted by molar-refractivity contribution is 5.97. The minimum absolute atomic E-state index is 0.110. The van der Waals surface area contributed by atoms with Gasteiger partial charge >= 0.3 is 0 Å². The second-order valence-corrected chi connectivity index (χ2v) is 8.81. The van der Waals surface area contributed by atoms with E-state index in [1.807, 2.05) is 59.5 Å². The van der Waals surface area contributed by atoms with Crippen LogP contribution in [0.4, 0.5) is 30.8 Å². The van der Waals surface area contributed by atoms with E-state index in [0.717, 1.165) is 28.4 Å². The number of primary amides is 1. The molecule has 1 aliphatic heterocycles. The number of nitrogens with two attached hydrogens (primary N) is 1. The lowest BCUT2D eigenvalue weighted by molar-refractivity contribution is -0.313. The highest BCUT2D eigenvalue weighted by Crippen LogP contribution is 2.34. The number of hydrogen-bond acceptors (Lipinski definition) is 8. The molecule has 200 valence electrons. The molecule has 4 aromatic rings. The molecule has 39 heavy (non-hydrogen) atoms. The smallest absolute Gasteiger partial charge is 0.254 e. The van der Waals surface area contributed by atoms with E-state index < -0.39 is 17.2 Å². The summed E-state index contributed by atoms with van der Waals surface area (Å²) < 4.78 is 42.5. The summed E-state index contributed by atoms with van der Waals surface area (Å²) in [7, 11) is 0. The van der Waals surface area contributed by atoms with E-state index in [1.54, 1.807) is 0 Å². The fraction of sp³-hybridized carbons (Fsp3) is 0.148. The van der Waals surface area contributed by atoms with Crippen LogP contribution in [0.3, 0.4) is 0 Å². The van der Waals surface area contributed by atoms with E-state index in [-0.39, 0.29) is 30.4 Å². The van der Waals surface area contributed by atoms with Gasteiger partial charge in [-0.05, 0) is 41.3 Å². The van der Waals surface area contributed by atoms with E-state index in [0.29, 0.717) is 17.2 Å². The monoisotopic (exact) mass is 534 g/mol. The van der Waals surface area contributed by atoms with Crippen LogP contribution < -0.4 is 21.2 Å². The van der Waals surface area contributed by atoms with Gasteiger partial charge in [0.05, 0.1) is 6.54 Å². The molecule has 12 heteroatoms. The third-order valence-electron chi connectivity index (χ3n) is 6.27. The van der Waals surface area contributed by atoms with Crippen molar-refractivity contribution in [2.45, 2.75) is 19.5 Å². The van der Waals surface area contributed by atoms with Gasteiger partial charge in [0.15, 0.2) is 5.82 Å². The number of anilines is 3. The summed E-state index contributed by atoms with van der Waals surface area (Å²) in [5.41, 5.74) is 10.4. The first-order valence-corrected chi connectivity index (χ1v) is 12.1. The number of hydrogen-bond donors (Lipinski definition) is 2. The Balaban J connectivity index is 1.58. The molecule has 3 N–H and O–H groups in total. The number of nitrogens with one attached hydrogen (secondary N) is 1. The first-order chi connectivity index (χ1) is 18.9. The third kappa shape index (κ3) is 5.82. The van der Waals surface area contributed by atoms with Crippen LogP contribution in [-0.2, 0) is 19.5 Å². The van der Waals surface area contributed by atoms with Crippen molar-refractivity contribution in [2.24, 2.45) is 5.73 Å². The van der Waals surface area contributed by atoms with E-state index in [1.165, 1.54) is 30.5 Å². The van der Waals surface area contributed by atoms with Crippen LogP contribution in [0.15, 0.2) is 85.1 Å². The van der Waals surface area contributed by atoms with Crippen LogP contribution in [0, 0.1) is 5.82 Å². The number of para-hydroxylation sites is 1. The zero-order valence-corrected chi connectivity index (χ0v) is 20.7. The Kier molecular flexibility index (Phi) is 7.68. The Labute approximate surface area is 222 Å². The highest BCUT2D eigenvalue weighted by Gasteiger charge is 2.31. The summed E-state index contributed by atoms with van der Waals surface area (Å²) in [6, 6.07) is 22.0. The minimum Gasteiger partial charge on any atom is -0.365 e. The van der Waals surface area contributed by atoms with Gasteiger partial charge in [-0.15, -0.1) is 0 Å². The Morgan fingerprint density at radius 3 is 2.41 bits per heavy atom. The van der Waals surface area contributed by atoms with Crippen molar-refractivity contribution in [3.8, 4) is 0 Å².